The minimum absolute atomic E-state index is 0.121. The molecule has 5 nitrogen and oxygen atoms in total. The van der Waals surface area contributed by atoms with Gasteiger partial charge in [-0.25, -0.2) is 0 Å². The number of hydrogen-bond acceptors (Lipinski definition) is 3. The van der Waals surface area contributed by atoms with Crippen LogP contribution in [0, 0.1) is 0 Å². The molecule has 0 unspecified atom stereocenters. The molecule has 0 aromatic heterocycles. The molecule has 1 heterocycles. The number of nitrogens with one attached hydrogen (secondary N) is 2. The van der Waals surface area contributed by atoms with Crippen molar-refractivity contribution >= 4 is 40.5 Å². The summed E-state index contributed by atoms with van der Waals surface area (Å²) >= 11 is 11.9. The van der Waals surface area contributed by atoms with Gasteiger partial charge >= 0.3 is 0 Å². The number of amides is 1. The quantitative estimate of drug-likeness (QED) is 0.817. The molecule has 26 heavy (non-hydrogen) atoms. The lowest BCUT2D eigenvalue weighted by Crippen LogP contribution is -3.12. The van der Waals surface area contributed by atoms with Crippen molar-refractivity contribution in [3.8, 4) is 5.75 Å². The molecule has 0 bridgehead atoms. The number of hydrogen-bond donors (Lipinski definition) is 2. The van der Waals surface area contributed by atoms with Crippen LogP contribution in [0.2, 0.25) is 10.0 Å². The minimum atomic E-state index is -0.244. The molecule has 0 radical (unpaired) electrons. The number of likely N-dealkylation sites (N-methyl/N-ethyl adjacent to an activating group) is 1. The van der Waals surface area contributed by atoms with Crippen molar-refractivity contribution in [2.45, 2.75) is 0 Å². The van der Waals surface area contributed by atoms with Crippen LogP contribution in [0.3, 0.4) is 0 Å². The lowest BCUT2D eigenvalue weighted by Gasteiger charge is -2.31. The second kappa shape index (κ2) is 8.62. The van der Waals surface area contributed by atoms with Crippen molar-refractivity contribution in [3.63, 3.8) is 0 Å². The van der Waals surface area contributed by atoms with Crippen molar-refractivity contribution < 1.29 is 14.4 Å². The zero-order chi connectivity index (χ0) is 18.5. The first kappa shape index (κ1) is 18.8. The molecule has 3 rings (SSSR count). The van der Waals surface area contributed by atoms with E-state index in [-0.39, 0.29) is 12.5 Å². The number of anilines is 2. The number of nitrogens with zero attached hydrogens (tertiary/aromatic N) is 1. The van der Waals surface area contributed by atoms with Crippen LogP contribution >= 0.6 is 23.2 Å². The van der Waals surface area contributed by atoms with E-state index in [2.05, 4.69) is 17.3 Å². The molecule has 0 spiro atoms. The van der Waals surface area contributed by atoms with Crippen molar-refractivity contribution in [3.05, 3.63) is 52.5 Å². The highest BCUT2D eigenvalue weighted by Crippen LogP contribution is 2.27. The third-order valence-corrected chi connectivity index (χ3v) is 4.92. The van der Waals surface area contributed by atoms with E-state index in [0.717, 1.165) is 31.9 Å². The van der Waals surface area contributed by atoms with E-state index in [1.54, 1.807) is 23.1 Å². The van der Waals surface area contributed by atoms with Gasteiger partial charge in [-0.05, 0) is 42.5 Å². The third-order valence-electron chi connectivity index (χ3n) is 4.39. The van der Waals surface area contributed by atoms with Crippen LogP contribution in [0.1, 0.15) is 0 Å². The molecule has 1 fully saturated rings. The van der Waals surface area contributed by atoms with Gasteiger partial charge in [0, 0.05) is 16.4 Å². The number of benzene rings is 2. The topological polar surface area (TPSA) is 46.0 Å². The predicted molar refractivity (Wildman–Crippen MR) is 106 cm³/mol. The Balaban J connectivity index is 1.51. The Bertz CT molecular complexity index is 760. The van der Waals surface area contributed by atoms with E-state index in [1.165, 1.54) is 5.69 Å². The summed E-state index contributed by atoms with van der Waals surface area (Å²) in [5.41, 5.74) is 1.92. The van der Waals surface area contributed by atoms with Gasteiger partial charge in [-0.1, -0.05) is 23.2 Å². The summed E-state index contributed by atoms with van der Waals surface area (Å²) in [6.07, 6.45) is 0. The summed E-state index contributed by atoms with van der Waals surface area (Å²) in [4.78, 5) is 16.0. The standard InChI is InChI=1S/C19H21Cl2N3O2/c1-23-8-10-24(11-9-23)16-5-3-15(4-6-16)22-19(25)13-26-18-7-2-14(20)12-17(18)21/h2-7,12H,8-11,13H2,1H3,(H,22,25)/p+1. The monoisotopic (exact) mass is 394 g/mol. The second-order valence-electron chi connectivity index (χ2n) is 6.40. The summed E-state index contributed by atoms with van der Waals surface area (Å²) in [7, 11) is 2.22. The van der Waals surface area contributed by atoms with Crippen molar-refractivity contribution in [2.24, 2.45) is 0 Å². The average molecular weight is 395 g/mol. The first-order valence-electron chi connectivity index (χ1n) is 8.55. The Labute approximate surface area is 163 Å². The normalized spacial score (nSPS) is 15.0. The number of halogens is 2. The molecule has 138 valence electrons. The molecule has 1 aliphatic rings. The highest BCUT2D eigenvalue weighted by atomic mass is 35.5. The number of piperazine rings is 1. The maximum absolute atomic E-state index is 12.1. The Kier molecular flexibility index (Phi) is 6.25. The molecule has 2 aromatic carbocycles. The number of rotatable bonds is 5. The van der Waals surface area contributed by atoms with Gasteiger partial charge in [0.2, 0.25) is 0 Å². The number of carbonyl (C=O) groups is 1. The highest BCUT2D eigenvalue weighted by molar-refractivity contribution is 6.35. The summed E-state index contributed by atoms with van der Waals surface area (Å²) < 4.78 is 5.44. The van der Waals surface area contributed by atoms with Crippen LogP contribution in [0.4, 0.5) is 11.4 Å². The molecule has 1 aliphatic heterocycles. The van der Waals surface area contributed by atoms with E-state index < -0.39 is 0 Å². The predicted octanol–water partition coefficient (Wildman–Crippen LogP) is 2.35. The SMILES string of the molecule is C[NH+]1CCN(c2ccc(NC(=O)COc3ccc(Cl)cc3Cl)cc2)CC1. The van der Waals surface area contributed by atoms with E-state index >= 15 is 0 Å². The van der Waals surface area contributed by atoms with Crippen LogP contribution in [0.15, 0.2) is 42.5 Å². The Hall–Kier alpha value is -1.95. The fourth-order valence-corrected chi connectivity index (χ4v) is 3.30. The number of carbonyl (C=O) groups excluding carboxylic acids is 1. The van der Waals surface area contributed by atoms with Crippen LogP contribution in [-0.4, -0.2) is 45.7 Å². The van der Waals surface area contributed by atoms with Crippen LogP contribution in [0.5, 0.6) is 5.75 Å². The van der Waals surface area contributed by atoms with Gasteiger partial charge in [0.15, 0.2) is 6.61 Å². The molecule has 0 aliphatic carbocycles. The molecular weight excluding hydrogens is 373 g/mol. The fourth-order valence-electron chi connectivity index (χ4n) is 2.83. The van der Waals surface area contributed by atoms with Crippen LogP contribution in [-0.2, 0) is 4.79 Å². The van der Waals surface area contributed by atoms with Gasteiger partial charge in [0.25, 0.3) is 5.91 Å². The van der Waals surface area contributed by atoms with Gasteiger partial charge in [-0.15, -0.1) is 0 Å². The van der Waals surface area contributed by atoms with Crippen molar-refractivity contribution in [1.82, 2.24) is 0 Å². The van der Waals surface area contributed by atoms with Crippen molar-refractivity contribution in [1.29, 1.82) is 0 Å². The first-order chi connectivity index (χ1) is 12.5. The second-order valence-corrected chi connectivity index (χ2v) is 7.25. The molecule has 1 saturated heterocycles. The summed E-state index contributed by atoms with van der Waals surface area (Å²) in [5, 5.41) is 3.72. The fraction of sp³-hybridized carbons (Fsp3) is 0.316. The molecule has 2 N–H and O–H groups in total. The maximum atomic E-state index is 12.1. The first-order valence-corrected chi connectivity index (χ1v) is 9.31. The smallest absolute Gasteiger partial charge is 0.262 e. The number of ether oxygens (including phenoxy) is 1. The van der Waals surface area contributed by atoms with Gasteiger partial charge in [0.05, 0.1) is 38.2 Å². The summed E-state index contributed by atoms with van der Waals surface area (Å²) in [6, 6.07) is 12.8. The van der Waals surface area contributed by atoms with Gasteiger partial charge < -0.3 is 19.9 Å². The van der Waals surface area contributed by atoms with Crippen LogP contribution < -0.4 is 19.9 Å². The van der Waals surface area contributed by atoms with Gasteiger partial charge in [-0.2, -0.15) is 0 Å². The van der Waals surface area contributed by atoms with Crippen LogP contribution in [0.25, 0.3) is 0 Å². The Morgan fingerprint density at radius 1 is 1.15 bits per heavy atom. The largest absolute Gasteiger partial charge is 0.482 e. The van der Waals surface area contributed by atoms with E-state index in [1.807, 2.05) is 24.3 Å². The summed E-state index contributed by atoms with van der Waals surface area (Å²) in [5.74, 6) is 0.186. The average Bonchev–Trinajstić information content (AvgIpc) is 2.62. The zero-order valence-corrected chi connectivity index (χ0v) is 16.1. The molecule has 0 saturated carbocycles. The Morgan fingerprint density at radius 2 is 1.85 bits per heavy atom. The lowest BCUT2D eigenvalue weighted by atomic mass is 10.2. The maximum Gasteiger partial charge on any atom is 0.262 e. The molecule has 0 atom stereocenters. The van der Waals surface area contributed by atoms with E-state index in [4.69, 9.17) is 27.9 Å². The van der Waals surface area contributed by atoms with Crippen molar-refractivity contribution in [2.75, 3.05) is 50.1 Å². The zero-order valence-electron chi connectivity index (χ0n) is 14.6. The van der Waals surface area contributed by atoms with E-state index in [9.17, 15) is 4.79 Å². The lowest BCUT2D eigenvalue weighted by molar-refractivity contribution is -0.880. The highest BCUT2D eigenvalue weighted by Gasteiger charge is 2.16. The summed E-state index contributed by atoms with van der Waals surface area (Å²) in [6.45, 7) is 4.26. The van der Waals surface area contributed by atoms with E-state index in [0.29, 0.717) is 15.8 Å². The van der Waals surface area contributed by atoms with Gasteiger partial charge in [-0.3, -0.25) is 4.79 Å². The Morgan fingerprint density at radius 3 is 2.50 bits per heavy atom. The molecule has 2 aromatic rings. The number of quaternary nitrogens is 1. The molecule has 1 amide bonds. The molecular formula is C19H22Cl2N3O2+. The molecule has 7 heteroatoms. The van der Waals surface area contributed by atoms with Gasteiger partial charge in [0.1, 0.15) is 5.75 Å². The third kappa shape index (κ3) is 5.04. The minimum Gasteiger partial charge on any atom is -0.482 e.